The van der Waals surface area contributed by atoms with E-state index in [1.54, 1.807) is 5.38 Å². The standard InChI is InChI=1S/C26H16ClN3O5S3/c27-19-10-8-18(9-11-19)23(31)30-24(32)22(37-26(30)33)14-16-6-12-20(13-7-16)38(34,35)29-25-28-21(15-36-25)17-4-2-1-3-5-17/h1-15H,(H,28,29)/b22-14-. The second kappa shape index (κ2) is 10.5. The molecule has 0 spiro atoms. The van der Waals surface area contributed by atoms with Crippen LogP contribution < -0.4 is 4.72 Å². The van der Waals surface area contributed by atoms with Crippen molar-refractivity contribution in [3.63, 3.8) is 0 Å². The number of thioether (sulfide) groups is 1. The Labute approximate surface area is 231 Å². The molecule has 1 aliphatic heterocycles. The van der Waals surface area contributed by atoms with Crippen LogP contribution >= 0.6 is 34.7 Å². The first kappa shape index (κ1) is 25.9. The molecule has 0 bridgehead atoms. The molecule has 0 radical (unpaired) electrons. The van der Waals surface area contributed by atoms with Crippen LogP contribution in [0.4, 0.5) is 9.93 Å². The highest BCUT2D eigenvalue weighted by atomic mass is 35.5. The highest BCUT2D eigenvalue weighted by Gasteiger charge is 2.40. The van der Waals surface area contributed by atoms with Gasteiger partial charge in [0.25, 0.3) is 21.8 Å². The van der Waals surface area contributed by atoms with E-state index in [1.807, 2.05) is 30.3 Å². The molecule has 0 unspecified atom stereocenters. The van der Waals surface area contributed by atoms with E-state index in [4.69, 9.17) is 11.6 Å². The zero-order valence-electron chi connectivity index (χ0n) is 19.2. The molecule has 0 saturated carbocycles. The van der Waals surface area contributed by atoms with Crippen LogP contribution in [-0.4, -0.2) is 35.4 Å². The second-order valence-electron chi connectivity index (χ2n) is 7.91. The van der Waals surface area contributed by atoms with Gasteiger partial charge in [-0.3, -0.25) is 19.1 Å². The number of sulfonamides is 1. The maximum Gasteiger partial charge on any atom is 0.300 e. The molecule has 4 aromatic rings. The van der Waals surface area contributed by atoms with Crippen LogP contribution in [-0.2, 0) is 14.8 Å². The van der Waals surface area contributed by atoms with E-state index in [2.05, 4.69) is 9.71 Å². The SMILES string of the molecule is O=C1S/C(=C\c2ccc(S(=O)(=O)Nc3nc(-c4ccccc4)cs3)cc2)C(=O)N1C(=O)c1ccc(Cl)cc1. The molecule has 3 aromatic carbocycles. The van der Waals surface area contributed by atoms with Gasteiger partial charge in [0.15, 0.2) is 5.13 Å². The van der Waals surface area contributed by atoms with E-state index in [9.17, 15) is 22.8 Å². The molecule has 12 heteroatoms. The zero-order valence-corrected chi connectivity index (χ0v) is 22.4. The minimum absolute atomic E-state index is 0.00266. The number of nitrogens with zero attached hydrogens (tertiary/aromatic N) is 2. The number of aromatic nitrogens is 1. The van der Waals surface area contributed by atoms with Crippen LogP contribution in [0.5, 0.6) is 0 Å². The van der Waals surface area contributed by atoms with Gasteiger partial charge >= 0.3 is 5.24 Å². The Bertz CT molecular complexity index is 1680. The van der Waals surface area contributed by atoms with Crippen LogP contribution in [0.3, 0.4) is 0 Å². The van der Waals surface area contributed by atoms with E-state index < -0.39 is 27.1 Å². The van der Waals surface area contributed by atoms with Gasteiger partial charge in [-0.25, -0.2) is 18.3 Å². The van der Waals surface area contributed by atoms with Crippen molar-refractivity contribution >= 4 is 73.0 Å². The molecule has 1 saturated heterocycles. The molecule has 3 amide bonds. The third-order valence-corrected chi connectivity index (χ3v) is 8.73. The molecule has 2 heterocycles. The Morgan fingerprint density at radius 1 is 0.947 bits per heavy atom. The molecule has 0 atom stereocenters. The highest BCUT2D eigenvalue weighted by molar-refractivity contribution is 8.18. The first-order valence-corrected chi connectivity index (χ1v) is 14.5. The van der Waals surface area contributed by atoms with E-state index in [1.165, 1.54) is 65.9 Å². The van der Waals surface area contributed by atoms with Gasteiger partial charge in [-0.05, 0) is 59.8 Å². The Kier molecular flexibility index (Phi) is 7.17. The molecular weight excluding hydrogens is 566 g/mol. The van der Waals surface area contributed by atoms with Gasteiger partial charge in [-0.1, -0.05) is 54.1 Å². The molecule has 0 aliphatic carbocycles. The number of hydrogen-bond donors (Lipinski definition) is 1. The van der Waals surface area contributed by atoms with Crippen molar-refractivity contribution in [2.45, 2.75) is 4.90 Å². The summed E-state index contributed by atoms with van der Waals surface area (Å²) in [5.41, 5.74) is 2.16. The second-order valence-corrected chi connectivity index (χ2v) is 11.9. The number of thiazole rings is 1. The fourth-order valence-electron chi connectivity index (χ4n) is 3.49. The third-order valence-electron chi connectivity index (χ3n) is 5.37. The molecule has 1 aromatic heterocycles. The lowest BCUT2D eigenvalue weighted by atomic mass is 10.2. The number of nitrogens with one attached hydrogen (secondary N) is 1. The van der Waals surface area contributed by atoms with Crippen molar-refractivity contribution in [3.05, 3.63) is 105 Å². The predicted octanol–water partition coefficient (Wildman–Crippen LogP) is 6.14. The molecular formula is C26H16ClN3O5S3. The fraction of sp³-hybridized carbons (Fsp3) is 0. The molecule has 5 rings (SSSR count). The lowest BCUT2D eigenvalue weighted by Crippen LogP contribution is -2.34. The van der Waals surface area contributed by atoms with Crippen molar-refractivity contribution in [2.75, 3.05) is 4.72 Å². The lowest BCUT2D eigenvalue weighted by molar-refractivity contribution is -0.120. The number of imide groups is 3. The van der Waals surface area contributed by atoms with Crippen LogP contribution in [0.2, 0.25) is 5.02 Å². The smallest absolute Gasteiger partial charge is 0.268 e. The van der Waals surface area contributed by atoms with Crippen LogP contribution in [0.25, 0.3) is 17.3 Å². The van der Waals surface area contributed by atoms with E-state index in [0.29, 0.717) is 32.9 Å². The number of rotatable bonds is 6. The summed E-state index contributed by atoms with van der Waals surface area (Å²) in [6.07, 6.45) is 1.43. The van der Waals surface area contributed by atoms with Crippen LogP contribution in [0.1, 0.15) is 15.9 Å². The molecule has 38 heavy (non-hydrogen) atoms. The Morgan fingerprint density at radius 2 is 1.63 bits per heavy atom. The average Bonchev–Trinajstić information content (AvgIpc) is 3.48. The molecule has 1 fully saturated rings. The Hall–Kier alpha value is -3.77. The van der Waals surface area contributed by atoms with Gasteiger partial charge in [-0.15, -0.1) is 11.3 Å². The number of halogens is 1. The van der Waals surface area contributed by atoms with Gasteiger partial charge in [0, 0.05) is 21.5 Å². The molecule has 1 aliphatic rings. The summed E-state index contributed by atoms with van der Waals surface area (Å²) >= 11 is 7.63. The normalized spacial score (nSPS) is 14.8. The lowest BCUT2D eigenvalue weighted by Gasteiger charge is -2.10. The quantitative estimate of drug-likeness (QED) is 0.215. The van der Waals surface area contributed by atoms with Crippen molar-refractivity contribution < 1.29 is 22.8 Å². The Balaban J connectivity index is 1.30. The minimum atomic E-state index is -3.91. The number of carbonyl (C=O) groups is 3. The first-order valence-electron chi connectivity index (χ1n) is 10.9. The molecule has 8 nitrogen and oxygen atoms in total. The van der Waals surface area contributed by atoms with Gasteiger partial charge in [0.1, 0.15) is 0 Å². The van der Waals surface area contributed by atoms with E-state index in [-0.39, 0.29) is 20.5 Å². The zero-order chi connectivity index (χ0) is 26.9. The number of carbonyl (C=O) groups excluding carboxylic acids is 3. The summed E-state index contributed by atoms with van der Waals surface area (Å²) in [5, 5.41) is 1.69. The van der Waals surface area contributed by atoms with Gasteiger partial charge in [-0.2, -0.15) is 0 Å². The number of anilines is 1. The molecule has 1 N–H and O–H groups in total. The topological polar surface area (TPSA) is 114 Å². The van der Waals surface area contributed by atoms with Gasteiger partial charge < -0.3 is 0 Å². The van der Waals surface area contributed by atoms with Crippen LogP contribution in [0, 0.1) is 0 Å². The van der Waals surface area contributed by atoms with Crippen LogP contribution in [0.15, 0.2) is 94.0 Å². The van der Waals surface area contributed by atoms with Gasteiger partial charge in [0.2, 0.25) is 0 Å². The van der Waals surface area contributed by atoms with E-state index in [0.717, 1.165) is 5.56 Å². The van der Waals surface area contributed by atoms with Gasteiger partial charge in [0.05, 0.1) is 15.5 Å². The predicted molar refractivity (Wildman–Crippen MR) is 148 cm³/mol. The maximum atomic E-state index is 12.9. The number of hydrogen-bond acceptors (Lipinski definition) is 8. The first-order chi connectivity index (χ1) is 18.2. The monoisotopic (exact) mass is 581 g/mol. The van der Waals surface area contributed by atoms with E-state index >= 15 is 0 Å². The molecule has 190 valence electrons. The summed E-state index contributed by atoms with van der Waals surface area (Å²) in [5.74, 6) is -1.51. The summed E-state index contributed by atoms with van der Waals surface area (Å²) in [4.78, 5) is 42.8. The maximum absolute atomic E-state index is 12.9. The summed E-state index contributed by atoms with van der Waals surface area (Å²) in [6.45, 7) is 0. The minimum Gasteiger partial charge on any atom is -0.268 e. The van der Waals surface area contributed by atoms with Crippen molar-refractivity contribution in [1.82, 2.24) is 9.88 Å². The summed E-state index contributed by atoms with van der Waals surface area (Å²) < 4.78 is 28.2. The fourth-order valence-corrected chi connectivity index (χ4v) is 6.41. The van der Waals surface area contributed by atoms with Crippen molar-refractivity contribution in [1.29, 1.82) is 0 Å². The largest absolute Gasteiger partial charge is 0.300 e. The third kappa shape index (κ3) is 5.41. The Morgan fingerprint density at radius 3 is 2.32 bits per heavy atom. The number of benzene rings is 3. The summed E-state index contributed by atoms with van der Waals surface area (Å²) in [6, 6.07) is 21.0. The summed E-state index contributed by atoms with van der Waals surface area (Å²) in [7, 11) is -3.91. The van der Waals surface area contributed by atoms with Crippen molar-refractivity contribution in [3.8, 4) is 11.3 Å². The average molecular weight is 582 g/mol. The number of amides is 3. The van der Waals surface area contributed by atoms with Crippen molar-refractivity contribution in [2.24, 2.45) is 0 Å². The highest BCUT2D eigenvalue weighted by Crippen LogP contribution is 2.34.